The van der Waals surface area contributed by atoms with Crippen LogP contribution in [-0.4, -0.2) is 67.4 Å². The molecule has 5 aromatic rings. The zero-order valence-electron chi connectivity index (χ0n) is 30.7. The highest BCUT2D eigenvalue weighted by Crippen LogP contribution is 2.33. The highest BCUT2D eigenvalue weighted by atomic mass is 32.3. The molecule has 0 aromatic heterocycles. The summed E-state index contributed by atoms with van der Waals surface area (Å²) in [5, 5.41) is -0.132. The molecule has 55 heavy (non-hydrogen) atoms. The first kappa shape index (κ1) is 40.8. The monoisotopic (exact) mass is 785 g/mol. The van der Waals surface area contributed by atoms with Crippen LogP contribution in [0.3, 0.4) is 0 Å². The first-order valence-corrected chi connectivity index (χ1v) is 21.4. The van der Waals surface area contributed by atoms with Crippen LogP contribution in [0.2, 0.25) is 0 Å². The largest absolute Gasteiger partial charge is 0.397 e. The highest BCUT2D eigenvalue weighted by molar-refractivity contribution is 7.97. The van der Waals surface area contributed by atoms with Crippen molar-refractivity contribution in [3.63, 3.8) is 0 Å². The van der Waals surface area contributed by atoms with E-state index in [0.717, 1.165) is 27.8 Å². The van der Waals surface area contributed by atoms with E-state index in [1.54, 1.807) is 0 Å². The molecule has 5 aromatic carbocycles. The van der Waals surface area contributed by atoms with Crippen molar-refractivity contribution in [3.8, 4) is 0 Å². The minimum Gasteiger partial charge on any atom is -0.374 e. The molecule has 6 rings (SSSR count). The van der Waals surface area contributed by atoms with Gasteiger partial charge in [0.15, 0.2) is 5.25 Å². The summed E-state index contributed by atoms with van der Waals surface area (Å²) in [4.78, 5) is 0. The van der Waals surface area contributed by atoms with Crippen LogP contribution in [0.4, 0.5) is 0 Å². The summed E-state index contributed by atoms with van der Waals surface area (Å²) in [6.07, 6.45) is -2.56. The van der Waals surface area contributed by atoms with Gasteiger partial charge < -0.3 is 23.7 Å². The van der Waals surface area contributed by atoms with Crippen LogP contribution in [0.5, 0.6) is 0 Å². The normalized spacial score (nSPS) is 19.6. The van der Waals surface area contributed by atoms with Crippen molar-refractivity contribution >= 4 is 21.3 Å². The molecule has 1 N–H and O–H groups in total. The SMILES string of the molecule is O=S(=O)(O)O[C@@H](COCc1ccccc1)[C@@H](C[S+]1C[C@@H](OCc2ccccc2)[C@H](OCc2ccccc2)[C@H]1COCc1ccccc1)OCc1ccccc1. The van der Waals surface area contributed by atoms with E-state index >= 15 is 0 Å². The van der Waals surface area contributed by atoms with Crippen LogP contribution in [0, 0.1) is 0 Å². The molecule has 1 aliphatic rings. The van der Waals surface area contributed by atoms with Gasteiger partial charge in [-0.1, -0.05) is 152 Å². The van der Waals surface area contributed by atoms with Crippen LogP contribution in [-0.2, 0) is 82.2 Å². The molecule has 9 nitrogen and oxygen atoms in total. The third kappa shape index (κ3) is 13.7. The van der Waals surface area contributed by atoms with Gasteiger partial charge in [0.1, 0.15) is 35.9 Å². The Hall–Kier alpha value is -3.88. The van der Waals surface area contributed by atoms with Crippen LogP contribution < -0.4 is 0 Å². The number of hydrogen-bond acceptors (Lipinski definition) is 8. The second-order valence-corrected chi connectivity index (χ2v) is 16.8. The standard InChI is InChI=1S/C44H48O9S2/c45-55(46,47)53-40(31-48-26-35-16-6-1-7-17-35)41(50-28-37-20-10-3-11-21-37)33-54-34-42(51-29-38-22-12-4-13-23-38)44(52-30-39-24-14-5-15-25-39)43(54)32-49-27-36-18-8-2-9-19-36/h1-25,40-44H,26-34H2/p+1/t40-,41+,42+,43+,44-,54?/m0/s1. The summed E-state index contributed by atoms with van der Waals surface area (Å²) in [6, 6.07) is 49.3. The molecule has 0 amide bonds. The smallest absolute Gasteiger partial charge is 0.374 e. The van der Waals surface area contributed by atoms with E-state index in [9.17, 15) is 13.0 Å². The molecular formula is C44H49O9S2+. The highest BCUT2D eigenvalue weighted by Gasteiger charge is 2.54. The van der Waals surface area contributed by atoms with Gasteiger partial charge in [-0.15, -0.1) is 0 Å². The van der Waals surface area contributed by atoms with Crippen LogP contribution in [0.1, 0.15) is 27.8 Å². The van der Waals surface area contributed by atoms with Gasteiger partial charge in [0.05, 0.1) is 46.2 Å². The average molecular weight is 786 g/mol. The minimum atomic E-state index is -4.87. The molecule has 1 fully saturated rings. The summed E-state index contributed by atoms with van der Waals surface area (Å²) >= 11 is 0. The molecule has 0 bridgehead atoms. The Kier molecular flexibility index (Phi) is 15.9. The molecular weight excluding hydrogens is 737 g/mol. The van der Waals surface area contributed by atoms with Gasteiger partial charge >= 0.3 is 10.4 Å². The molecule has 1 aliphatic heterocycles. The van der Waals surface area contributed by atoms with Gasteiger partial charge in [0.2, 0.25) is 0 Å². The third-order valence-electron chi connectivity index (χ3n) is 9.26. The molecule has 1 unspecified atom stereocenters. The molecule has 0 aliphatic carbocycles. The van der Waals surface area contributed by atoms with Crippen LogP contribution in [0.25, 0.3) is 0 Å². The summed E-state index contributed by atoms with van der Waals surface area (Å²) < 4.78 is 72.5. The van der Waals surface area contributed by atoms with Gasteiger partial charge in [-0.3, -0.25) is 4.55 Å². The van der Waals surface area contributed by atoms with E-state index < -0.39 is 33.5 Å². The van der Waals surface area contributed by atoms with Crippen molar-refractivity contribution in [2.24, 2.45) is 0 Å². The van der Waals surface area contributed by atoms with E-state index in [0.29, 0.717) is 37.9 Å². The van der Waals surface area contributed by atoms with Gasteiger partial charge in [-0.2, -0.15) is 8.42 Å². The second-order valence-electron chi connectivity index (χ2n) is 13.4. The Balaban J connectivity index is 1.28. The maximum Gasteiger partial charge on any atom is 0.397 e. The molecule has 11 heteroatoms. The summed E-state index contributed by atoms with van der Waals surface area (Å²) in [7, 11) is -5.36. The first-order valence-electron chi connectivity index (χ1n) is 18.4. The molecule has 1 heterocycles. The molecule has 0 spiro atoms. The predicted molar refractivity (Wildman–Crippen MR) is 215 cm³/mol. The van der Waals surface area contributed by atoms with Crippen molar-refractivity contribution in [2.45, 2.75) is 62.7 Å². The summed E-state index contributed by atoms with van der Waals surface area (Å²) in [5.74, 6) is 1.01. The van der Waals surface area contributed by atoms with E-state index in [2.05, 4.69) is 0 Å². The predicted octanol–water partition coefficient (Wildman–Crippen LogP) is 7.36. The van der Waals surface area contributed by atoms with Crippen LogP contribution >= 0.6 is 0 Å². The molecule has 0 saturated carbocycles. The fourth-order valence-corrected chi connectivity index (χ4v) is 9.97. The van der Waals surface area contributed by atoms with E-state index in [-0.39, 0.29) is 37.3 Å². The molecule has 0 radical (unpaired) electrons. The van der Waals surface area contributed by atoms with Gasteiger partial charge in [-0.25, -0.2) is 4.18 Å². The van der Waals surface area contributed by atoms with Crippen molar-refractivity contribution in [1.82, 2.24) is 0 Å². The van der Waals surface area contributed by atoms with Gasteiger partial charge in [0.25, 0.3) is 0 Å². The fraction of sp³-hybridized carbons (Fsp3) is 0.318. The lowest BCUT2D eigenvalue weighted by atomic mass is 10.1. The van der Waals surface area contributed by atoms with E-state index in [1.165, 1.54) is 0 Å². The van der Waals surface area contributed by atoms with Crippen LogP contribution in [0.15, 0.2) is 152 Å². The number of ether oxygens (including phenoxy) is 5. The van der Waals surface area contributed by atoms with Gasteiger partial charge in [-0.05, 0) is 27.8 Å². The summed E-state index contributed by atoms with van der Waals surface area (Å²) in [6.45, 7) is 1.88. The minimum absolute atomic E-state index is 0.132. The van der Waals surface area contributed by atoms with E-state index in [1.807, 2.05) is 152 Å². The lowest BCUT2D eigenvalue weighted by molar-refractivity contribution is -0.0769. The lowest BCUT2D eigenvalue weighted by Gasteiger charge is -2.27. The van der Waals surface area contributed by atoms with Crippen molar-refractivity contribution < 1.29 is 40.8 Å². The summed E-state index contributed by atoms with van der Waals surface area (Å²) in [5.41, 5.74) is 4.98. The number of benzene rings is 5. The lowest BCUT2D eigenvalue weighted by Crippen LogP contribution is -2.45. The quantitative estimate of drug-likeness (QED) is 0.0569. The number of rotatable bonds is 22. The second kappa shape index (κ2) is 21.4. The van der Waals surface area contributed by atoms with Crippen molar-refractivity contribution in [1.29, 1.82) is 0 Å². The topological polar surface area (TPSA) is 110 Å². The van der Waals surface area contributed by atoms with Crippen molar-refractivity contribution in [3.05, 3.63) is 179 Å². The fourth-order valence-electron chi connectivity index (χ4n) is 6.48. The Labute approximate surface area is 327 Å². The third-order valence-corrected chi connectivity index (χ3v) is 12.5. The Morgan fingerprint density at radius 3 is 1.49 bits per heavy atom. The van der Waals surface area contributed by atoms with Gasteiger partial charge in [0, 0.05) is 10.9 Å². The zero-order valence-corrected chi connectivity index (χ0v) is 32.3. The number of hydrogen-bond donors (Lipinski definition) is 1. The Bertz CT molecular complexity index is 1900. The average Bonchev–Trinajstić information content (AvgIpc) is 3.54. The van der Waals surface area contributed by atoms with E-state index in [4.69, 9.17) is 27.9 Å². The molecule has 1 saturated heterocycles. The molecule has 290 valence electrons. The van der Waals surface area contributed by atoms with Crippen molar-refractivity contribution in [2.75, 3.05) is 24.7 Å². The Morgan fingerprint density at radius 1 is 0.564 bits per heavy atom. The first-order chi connectivity index (χ1) is 26.9. The Morgan fingerprint density at radius 2 is 1.00 bits per heavy atom. The zero-order chi connectivity index (χ0) is 38.1. The maximum absolute atomic E-state index is 12.3. The maximum atomic E-state index is 12.3. The molecule has 6 atom stereocenters.